The van der Waals surface area contributed by atoms with Crippen LogP contribution in [-0.2, 0) is 0 Å². The fourth-order valence-electron chi connectivity index (χ4n) is 3.03. The highest BCUT2D eigenvalue weighted by Crippen LogP contribution is 2.22. The molecule has 1 aliphatic carbocycles. The van der Waals surface area contributed by atoms with E-state index in [1.165, 1.54) is 77.3 Å². The fourth-order valence-corrected chi connectivity index (χ4v) is 3.03. The van der Waals surface area contributed by atoms with Crippen molar-refractivity contribution in [2.75, 3.05) is 19.6 Å². The zero-order valence-electron chi connectivity index (χ0n) is 11.8. The van der Waals surface area contributed by atoms with Gasteiger partial charge in [0.05, 0.1) is 0 Å². The van der Waals surface area contributed by atoms with Gasteiger partial charge in [-0.3, -0.25) is 0 Å². The maximum Gasteiger partial charge on any atom is 0.00951 e. The van der Waals surface area contributed by atoms with E-state index in [4.69, 9.17) is 5.73 Å². The molecule has 0 spiro atoms. The zero-order chi connectivity index (χ0) is 12.3. The Hall–Kier alpha value is -0.0800. The first-order chi connectivity index (χ1) is 8.38. The molecule has 1 fully saturated rings. The molecule has 17 heavy (non-hydrogen) atoms. The standard InChI is InChI=1S/C15H32N2/c1-2-17(15-11-7-6-8-12-15)14-10-5-3-4-9-13-16/h15H,2-14,16H2,1H3. The maximum absolute atomic E-state index is 5.50. The Bertz CT molecular complexity index is 164. The van der Waals surface area contributed by atoms with Gasteiger partial charge in [-0.15, -0.1) is 0 Å². The molecule has 1 rings (SSSR count). The molecule has 1 saturated carbocycles. The van der Waals surface area contributed by atoms with Crippen LogP contribution in [0.1, 0.15) is 71.1 Å². The molecular weight excluding hydrogens is 208 g/mol. The van der Waals surface area contributed by atoms with E-state index >= 15 is 0 Å². The number of rotatable bonds is 9. The summed E-state index contributed by atoms with van der Waals surface area (Å²) in [5.74, 6) is 0. The lowest BCUT2D eigenvalue weighted by atomic mass is 9.94. The van der Waals surface area contributed by atoms with Gasteiger partial charge in [-0.25, -0.2) is 0 Å². The average Bonchev–Trinajstić information content (AvgIpc) is 2.39. The number of unbranched alkanes of at least 4 members (excludes halogenated alkanes) is 4. The van der Waals surface area contributed by atoms with Crippen LogP contribution in [0.15, 0.2) is 0 Å². The number of nitrogens with zero attached hydrogens (tertiary/aromatic N) is 1. The Kier molecular flexibility index (Phi) is 8.72. The number of hydrogen-bond acceptors (Lipinski definition) is 2. The van der Waals surface area contributed by atoms with Crippen molar-refractivity contribution in [3.05, 3.63) is 0 Å². The summed E-state index contributed by atoms with van der Waals surface area (Å²) in [5, 5.41) is 0. The molecule has 0 saturated heterocycles. The van der Waals surface area contributed by atoms with Gasteiger partial charge in [0.2, 0.25) is 0 Å². The fraction of sp³-hybridized carbons (Fsp3) is 1.00. The van der Waals surface area contributed by atoms with E-state index in [0.717, 1.165) is 12.6 Å². The summed E-state index contributed by atoms with van der Waals surface area (Å²) in [6, 6.07) is 0.901. The molecule has 0 aromatic rings. The molecule has 0 bridgehead atoms. The van der Waals surface area contributed by atoms with Crippen LogP contribution < -0.4 is 5.73 Å². The minimum atomic E-state index is 0.864. The van der Waals surface area contributed by atoms with Gasteiger partial charge in [0.1, 0.15) is 0 Å². The molecule has 2 heteroatoms. The average molecular weight is 240 g/mol. The second kappa shape index (κ2) is 9.90. The van der Waals surface area contributed by atoms with Gasteiger partial charge in [-0.05, 0) is 45.3 Å². The Morgan fingerprint density at radius 1 is 0.941 bits per heavy atom. The third-order valence-electron chi connectivity index (χ3n) is 4.15. The van der Waals surface area contributed by atoms with Crippen LogP contribution >= 0.6 is 0 Å². The molecule has 0 radical (unpaired) electrons. The molecule has 2 N–H and O–H groups in total. The van der Waals surface area contributed by atoms with E-state index in [2.05, 4.69) is 11.8 Å². The second-order valence-electron chi connectivity index (χ2n) is 5.48. The molecule has 2 nitrogen and oxygen atoms in total. The van der Waals surface area contributed by atoms with Gasteiger partial charge in [-0.2, -0.15) is 0 Å². The summed E-state index contributed by atoms with van der Waals surface area (Å²) in [6.45, 7) is 5.75. The van der Waals surface area contributed by atoms with Crippen LogP contribution in [0.5, 0.6) is 0 Å². The largest absolute Gasteiger partial charge is 0.330 e. The molecule has 0 unspecified atom stereocenters. The van der Waals surface area contributed by atoms with Crippen molar-refractivity contribution >= 4 is 0 Å². The molecule has 0 heterocycles. The monoisotopic (exact) mass is 240 g/mol. The van der Waals surface area contributed by atoms with Gasteiger partial charge >= 0.3 is 0 Å². The van der Waals surface area contributed by atoms with Crippen molar-refractivity contribution in [2.45, 2.75) is 77.2 Å². The zero-order valence-corrected chi connectivity index (χ0v) is 11.8. The van der Waals surface area contributed by atoms with Crippen molar-refractivity contribution in [2.24, 2.45) is 5.73 Å². The van der Waals surface area contributed by atoms with Crippen LogP contribution in [0.25, 0.3) is 0 Å². The summed E-state index contributed by atoms with van der Waals surface area (Å²) in [4.78, 5) is 2.72. The van der Waals surface area contributed by atoms with Gasteiger partial charge in [0.15, 0.2) is 0 Å². The third kappa shape index (κ3) is 6.42. The van der Waals surface area contributed by atoms with E-state index < -0.39 is 0 Å². The Morgan fingerprint density at radius 3 is 2.24 bits per heavy atom. The van der Waals surface area contributed by atoms with E-state index in [1.54, 1.807) is 0 Å². The summed E-state index contributed by atoms with van der Waals surface area (Å²) in [7, 11) is 0. The highest BCUT2D eigenvalue weighted by atomic mass is 15.1. The minimum Gasteiger partial charge on any atom is -0.330 e. The van der Waals surface area contributed by atoms with Crippen LogP contribution in [0.2, 0.25) is 0 Å². The number of hydrogen-bond donors (Lipinski definition) is 1. The molecule has 1 aliphatic rings. The van der Waals surface area contributed by atoms with Crippen molar-refractivity contribution in [1.29, 1.82) is 0 Å². The van der Waals surface area contributed by atoms with Gasteiger partial charge in [-0.1, -0.05) is 45.4 Å². The normalized spacial score (nSPS) is 17.8. The molecule has 0 amide bonds. The lowest BCUT2D eigenvalue weighted by Crippen LogP contribution is -2.37. The highest BCUT2D eigenvalue weighted by molar-refractivity contribution is 4.74. The quantitative estimate of drug-likeness (QED) is 0.625. The maximum atomic E-state index is 5.50. The van der Waals surface area contributed by atoms with Crippen LogP contribution in [-0.4, -0.2) is 30.6 Å². The van der Waals surface area contributed by atoms with Crippen LogP contribution in [0.3, 0.4) is 0 Å². The van der Waals surface area contributed by atoms with E-state index in [0.29, 0.717) is 0 Å². The highest BCUT2D eigenvalue weighted by Gasteiger charge is 2.18. The van der Waals surface area contributed by atoms with Crippen molar-refractivity contribution < 1.29 is 0 Å². The van der Waals surface area contributed by atoms with Crippen LogP contribution in [0, 0.1) is 0 Å². The molecule has 0 aromatic carbocycles. The lowest BCUT2D eigenvalue weighted by molar-refractivity contribution is 0.160. The van der Waals surface area contributed by atoms with Gasteiger partial charge in [0, 0.05) is 6.04 Å². The van der Waals surface area contributed by atoms with Crippen molar-refractivity contribution in [1.82, 2.24) is 4.90 Å². The van der Waals surface area contributed by atoms with E-state index in [-0.39, 0.29) is 0 Å². The van der Waals surface area contributed by atoms with Crippen molar-refractivity contribution in [3.63, 3.8) is 0 Å². The Morgan fingerprint density at radius 2 is 1.59 bits per heavy atom. The van der Waals surface area contributed by atoms with Gasteiger partial charge < -0.3 is 10.6 Å². The predicted octanol–water partition coefficient (Wildman–Crippen LogP) is 3.55. The molecule has 0 aliphatic heterocycles. The summed E-state index contributed by atoms with van der Waals surface area (Å²) in [6.07, 6.45) is 14.0. The van der Waals surface area contributed by atoms with E-state index in [1.807, 2.05) is 0 Å². The van der Waals surface area contributed by atoms with Crippen molar-refractivity contribution in [3.8, 4) is 0 Å². The lowest BCUT2D eigenvalue weighted by Gasteiger charge is -2.33. The second-order valence-corrected chi connectivity index (χ2v) is 5.48. The minimum absolute atomic E-state index is 0.864. The predicted molar refractivity (Wildman–Crippen MR) is 76.3 cm³/mol. The summed E-state index contributed by atoms with van der Waals surface area (Å²) < 4.78 is 0. The molecule has 0 aromatic heterocycles. The number of nitrogens with two attached hydrogens (primary N) is 1. The first kappa shape index (κ1) is 15.0. The van der Waals surface area contributed by atoms with E-state index in [9.17, 15) is 0 Å². The first-order valence-electron chi connectivity index (χ1n) is 7.82. The Labute approximate surface area is 108 Å². The van der Waals surface area contributed by atoms with Gasteiger partial charge in [0.25, 0.3) is 0 Å². The third-order valence-corrected chi connectivity index (χ3v) is 4.15. The Balaban J connectivity index is 2.05. The SMILES string of the molecule is CCN(CCCCCCCN)C1CCCCC1. The molecule has 0 atom stereocenters. The summed E-state index contributed by atoms with van der Waals surface area (Å²) in [5.41, 5.74) is 5.50. The van der Waals surface area contributed by atoms with Crippen LogP contribution in [0.4, 0.5) is 0 Å². The molecule has 102 valence electrons. The first-order valence-corrected chi connectivity index (χ1v) is 7.82. The topological polar surface area (TPSA) is 29.3 Å². The molecular formula is C15H32N2. The summed E-state index contributed by atoms with van der Waals surface area (Å²) >= 11 is 0. The smallest absolute Gasteiger partial charge is 0.00951 e.